The Morgan fingerprint density at radius 3 is 2.75 bits per heavy atom. The van der Waals surface area contributed by atoms with Gasteiger partial charge in [-0.15, -0.1) is 0 Å². The minimum absolute atomic E-state index is 0.0142. The number of rotatable bonds is 8. The number of hydrogen-bond donors (Lipinski definition) is 2. The summed E-state index contributed by atoms with van der Waals surface area (Å²) in [5.41, 5.74) is 1.62. The molecule has 2 unspecified atom stereocenters. The average Bonchev–Trinajstić information content (AvgIpc) is 2.39. The van der Waals surface area contributed by atoms with Crippen LogP contribution < -0.4 is 5.32 Å². The Hall–Kier alpha value is -1.50. The van der Waals surface area contributed by atoms with Crippen LogP contribution in [0.5, 0.6) is 0 Å². The molecule has 1 aromatic carbocycles. The number of benzene rings is 1. The summed E-state index contributed by atoms with van der Waals surface area (Å²) >= 11 is 0. The largest absolute Gasteiger partial charge is 0.396 e. The van der Waals surface area contributed by atoms with Crippen molar-refractivity contribution in [3.63, 3.8) is 0 Å². The highest BCUT2D eigenvalue weighted by molar-refractivity contribution is 5.43. The number of aliphatic hydroxyl groups excluding tert-OH is 1. The fraction of sp³-hybridized carbons (Fsp3) is 0.571. The third-order valence-electron chi connectivity index (χ3n) is 3.26. The fourth-order valence-electron chi connectivity index (χ4n) is 2.11. The molecule has 6 heteroatoms. The van der Waals surface area contributed by atoms with Gasteiger partial charge in [-0.2, -0.15) is 0 Å². The molecule has 2 N–H and O–H groups in total. The number of aliphatic hydroxyl groups is 1. The topological polar surface area (TPSA) is 84.6 Å². The van der Waals surface area contributed by atoms with E-state index >= 15 is 0 Å². The van der Waals surface area contributed by atoms with E-state index in [-0.39, 0.29) is 29.3 Å². The van der Waals surface area contributed by atoms with E-state index in [1.54, 1.807) is 26.2 Å². The minimum Gasteiger partial charge on any atom is -0.396 e. The van der Waals surface area contributed by atoms with Gasteiger partial charge in [0.15, 0.2) is 0 Å². The van der Waals surface area contributed by atoms with Crippen molar-refractivity contribution in [3.05, 3.63) is 39.4 Å². The number of nitrogens with zero attached hydrogens (tertiary/aromatic N) is 1. The molecule has 0 fully saturated rings. The van der Waals surface area contributed by atoms with Crippen molar-refractivity contribution in [2.45, 2.75) is 32.4 Å². The van der Waals surface area contributed by atoms with E-state index in [4.69, 9.17) is 9.84 Å². The summed E-state index contributed by atoms with van der Waals surface area (Å²) in [6, 6.07) is 5.18. The summed E-state index contributed by atoms with van der Waals surface area (Å²) in [7, 11) is 1.60. The van der Waals surface area contributed by atoms with Crippen molar-refractivity contribution in [1.82, 2.24) is 5.32 Å². The summed E-state index contributed by atoms with van der Waals surface area (Å²) in [6.07, 6.45) is 0.576. The van der Waals surface area contributed by atoms with Gasteiger partial charge in [0, 0.05) is 37.4 Å². The van der Waals surface area contributed by atoms with Gasteiger partial charge in [-0.1, -0.05) is 12.1 Å². The smallest absolute Gasteiger partial charge is 0.272 e. The third kappa shape index (κ3) is 4.56. The Kier molecular flexibility index (Phi) is 6.57. The number of nitro groups is 1. The van der Waals surface area contributed by atoms with E-state index in [1.165, 1.54) is 0 Å². The molecule has 0 aliphatic carbocycles. The van der Waals surface area contributed by atoms with Gasteiger partial charge in [0.05, 0.1) is 11.5 Å². The lowest BCUT2D eigenvalue weighted by molar-refractivity contribution is -0.385. The molecule has 0 bridgehead atoms. The Labute approximate surface area is 118 Å². The maximum atomic E-state index is 11.0. The maximum absolute atomic E-state index is 11.0. The standard InChI is InChI=1S/C14H22N2O4/c1-10-4-5-12(8-14(10)16(18)19)11(2)15-13(6-7-17)9-20-3/h4-5,8,11,13,15,17H,6-7,9H2,1-3H3. The predicted molar refractivity (Wildman–Crippen MR) is 76.8 cm³/mol. The first-order chi connectivity index (χ1) is 9.49. The second-order valence-electron chi connectivity index (χ2n) is 4.86. The van der Waals surface area contributed by atoms with Crippen molar-refractivity contribution in [3.8, 4) is 0 Å². The Balaban J connectivity index is 2.83. The molecule has 0 aromatic heterocycles. The van der Waals surface area contributed by atoms with E-state index in [0.717, 1.165) is 5.56 Å². The molecular formula is C14H22N2O4. The first-order valence-corrected chi connectivity index (χ1v) is 6.60. The molecule has 0 aliphatic rings. The zero-order valence-electron chi connectivity index (χ0n) is 12.1. The second-order valence-corrected chi connectivity index (χ2v) is 4.86. The van der Waals surface area contributed by atoms with E-state index in [0.29, 0.717) is 18.6 Å². The van der Waals surface area contributed by atoms with Crippen LogP contribution in [0.25, 0.3) is 0 Å². The Morgan fingerprint density at radius 2 is 2.20 bits per heavy atom. The highest BCUT2D eigenvalue weighted by Gasteiger charge is 2.17. The summed E-state index contributed by atoms with van der Waals surface area (Å²) in [5, 5.41) is 23.3. The maximum Gasteiger partial charge on any atom is 0.272 e. The van der Waals surface area contributed by atoms with Crippen LogP contribution >= 0.6 is 0 Å². The first-order valence-electron chi connectivity index (χ1n) is 6.60. The van der Waals surface area contributed by atoms with E-state index in [2.05, 4.69) is 5.32 Å². The van der Waals surface area contributed by atoms with E-state index < -0.39 is 0 Å². The van der Waals surface area contributed by atoms with Crippen molar-refractivity contribution >= 4 is 5.69 Å². The number of methoxy groups -OCH3 is 1. The molecule has 0 spiro atoms. The summed E-state index contributed by atoms with van der Waals surface area (Å²) in [4.78, 5) is 10.6. The molecule has 0 aliphatic heterocycles. The summed E-state index contributed by atoms with van der Waals surface area (Å²) in [6.45, 7) is 4.22. The van der Waals surface area contributed by atoms with Gasteiger partial charge in [0.25, 0.3) is 5.69 Å². The number of ether oxygens (including phenoxy) is 1. The molecule has 1 aromatic rings. The molecule has 2 atom stereocenters. The van der Waals surface area contributed by atoms with Crippen LogP contribution in [0.2, 0.25) is 0 Å². The van der Waals surface area contributed by atoms with Crippen molar-refractivity contribution < 1.29 is 14.8 Å². The lowest BCUT2D eigenvalue weighted by atomic mass is 10.0. The van der Waals surface area contributed by atoms with Crippen LogP contribution in [0.1, 0.15) is 30.5 Å². The van der Waals surface area contributed by atoms with Crippen molar-refractivity contribution in [2.75, 3.05) is 20.3 Å². The molecular weight excluding hydrogens is 260 g/mol. The van der Waals surface area contributed by atoms with Crippen LogP contribution in [0, 0.1) is 17.0 Å². The Bertz CT molecular complexity index is 445. The van der Waals surface area contributed by atoms with Gasteiger partial charge in [-0.05, 0) is 25.8 Å². The molecule has 0 radical (unpaired) electrons. The predicted octanol–water partition coefficient (Wildman–Crippen LogP) is 1.95. The zero-order valence-corrected chi connectivity index (χ0v) is 12.1. The first kappa shape index (κ1) is 16.6. The monoisotopic (exact) mass is 282 g/mol. The van der Waals surface area contributed by atoms with Crippen molar-refractivity contribution in [2.24, 2.45) is 0 Å². The van der Waals surface area contributed by atoms with Crippen LogP contribution in [0.15, 0.2) is 18.2 Å². The number of nitro benzene ring substituents is 1. The highest BCUT2D eigenvalue weighted by atomic mass is 16.6. The van der Waals surface area contributed by atoms with Gasteiger partial charge >= 0.3 is 0 Å². The highest BCUT2D eigenvalue weighted by Crippen LogP contribution is 2.23. The molecule has 1 rings (SSSR count). The zero-order chi connectivity index (χ0) is 15.1. The molecule has 0 saturated carbocycles. The molecule has 0 saturated heterocycles. The van der Waals surface area contributed by atoms with Crippen LogP contribution in [0.3, 0.4) is 0 Å². The van der Waals surface area contributed by atoms with Crippen molar-refractivity contribution in [1.29, 1.82) is 0 Å². The quantitative estimate of drug-likeness (QED) is 0.562. The second kappa shape index (κ2) is 7.94. The van der Waals surface area contributed by atoms with Gasteiger partial charge in [0.1, 0.15) is 0 Å². The van der Waals surface area contributed by atoms with Gasteiger partial charge in [-0.3, -0.25) is 10.1 Å². The lowest BCUT2D eigenvalue weighted by Gasteiger charge is -2.22. The van der Waals surface area contributed by atoms with Gasteiger partial charge < -0.3 is 15.2 Å². The SMILES string of the molecule is COCC(CCO)NC(C)c1ccc(C)c([N+](=O)[O-])c1. The molecule has 20 heavy (non-hydrogen) atoms. The number of nitrogens with one attached hydrogen (secondary N) is 1. The van der Waals surface area contributed by atoms with Crippen LogP contribution in [-0.2, 0) is 4.74 Å². The van der Waals surface area contributed by atoms with Gasteiger partial charge in [0.2, 0.25) is 0 Å². The Morgan fingerprint density at radius 1 is 1.50 bits per heavy atom. The summed E-state index contributed by atoms with van der Waals surface area (Å²) in [5.74, 6) is 0. The van der Waals surface area contributed by atoms with Crippen LogP contribution in [0.4, 0.5) is 5.69 Å². The third-order valence-corrected chi connectivity index (χ3v) is 3.26. The summed E-state index contributed by atoms with van der Waals surface area (Å²) < 4.78 is 5.09. The molecule has 112 valence electrons. The number of aryl methyl sites for hydroxylation is 1. The molecule has 0 amide bonds. The molecule has 0 heterocycles. The van der Waals surface area contributed by atoms with Gasteiger partial charge in [-0.25, -0.2) is 0 Å². The van der Waals surface area contributed by atoms with E-state index in [1.807, 2.05) is 13.0 Å². The fourth-order valence-corrected chi connectivity index (χ4v) is 2.11. The minimum atomic E-state index is -0.369. The average molecular weight is 282 g/mol. The van der Waals surface area contributed by atoms with E-state index in [9.17, 15) is 10.1 Å². The number of hydrogen-bond acceptors (Lipinski definition) is 5. The molecule has 6 nitrogen and oxygen atoms in total. The lowest BCUT2D eigenvalue weighted by Crippen LogP contribution is -2.36. The normalized spacial score (nSPS) is 14.0. The van der Waals surface area contributed by atoms with Crippen LogP contribution in [-0.4, -0.2) is 36.4 Å².